The molecule has 1 unspecified atom stereocenters. The number of hydrogen-bond acceptors (Lipinski definition) is 4. The number of rotatable bonds is 5. The van der Waals surface area contributed by atoms with Gasteiger partial charge >= 0.3 is 0 Å². The first-order chi connectivity index (χ1) is 9.95. The van der Waals surface area contributed by atoms with Crippen LogP contribution in [0.1, 0.15) is 29.7 Å². The van der Waals surface area contributed by atoms with E-state index >= 15 is 0 Å². The molecule has 0 saturated carbocycles. The van der Waals surface area contributed by atoms with Crippen LogP contribution in [0.5, 0.6) is 0 Å². The van der Waals surface area contributed by atoms with Gasteiger partial charge in [0.15, 0.2) is 9.84 Å². The lowest BCUT2D eigenvalue weighted by Gasteiger charge is -2.18. The molecule has 2 aromatic carbocycles. The summed E-state index contributed by atoms with van der Waals surface area (Å²) in [7, 11) is -3.23. The summed E-state index contributed by atoms with van der Waals surface area (Å²) in [6.45, 7) is 2.10. The Kier molecular flexibility index (Phi) is 4.77. The summed E-state index contributed by atoms with van der Waals surface area (Å²) in [5, 5.41) is 0. The first-order valence-electron chi connectivity index (χ1n) is 6.80. The van der Waals surface area contributed by atoms with Gasteiger partial charge in [-0.1, -0.05) is 43.3 Å². The molecule has 1 atom stereocenters. The van der Waals surface area contributed by atoms with E-state index in [4.69, 9.17) is 5.84 Å². The van der Waals surface area contributed by atoms with Gasteiger partial charge < -0.3 is 0 Å². The fraction of sp³-hybridized carbons (Fsp3) is 0.250. The summed E-state index contributed by atoms with van der Waals surface area (Å²) >= 11 is 0. The summed E-state index contributed by atoms with van der Waals surface area (Å²) in [5.41, 5.74) is 5.83. The zero-order valence-electron chi connectivity index (χ0n) is 12.2. The Hall–Kier alpha value is -1.69. The highest BCUT2D eigenvalue weighted by molar-refractivity contribution is 7.90. The van der Waals surface area contributed by atoms with Crippen molar-refractivity contribution in [2.45, 2.75) is 24.3 Å². The topological polar surface area (TPSA) is 72.2 Å². The smallest absolute Gasteiger partial charge is 0.175 e. The fourth-order valence-corrected chi connectivity index (χ4v) is 2.93. The zero-order valence-corrected chi connectivity index (χ0v) is 13.0. The van der Waals surface area contributed by atoms with Crippen LogP contribution in [0.4, 0.5) is 0 Å². The molecule has 5 heteroatoms. The minimum atomic E-state index is -3.23. The van der Waals surface area contributed by atoms with Gasteiger partial charge in [-0.3, -0.25) is 5.84 Å². The van der Waals surface area contributed by atoms with Crippen LogP contribution >= 0.6 is 0 Å². The first kappa shape index (κ1) is 15.7. The molecule has 0 saturated heterocycles. The SMILES string of the molecule is CCc1ccc(C(NN)c2cccc(S(C)(=O)=O)c2)cc1. The number of hydrogen-bond donors (Lipinski definition) is 2. The number of benzene rings is 2. The molecule has 2 aromatic rings. The van der Waals surface area contributed by atoms with Gasteiger partial charge in [0.2, 0.25) is 0 Å². The van der Waals surface area contributed by atoms with Crippen molar-refractivity contribution in [3.63, 3.8) is 0 Å². The summed E-state index contributed by atoms with van der Waals surface area (Å²) in [4.78, 5) is 0.297. The largest absolute Gasteiger partial charge is 0.271 e. The van der Waals surface area contributed by atoms with Crippen molar-refractivity contribution in [1.82, 2.24) is 5.43 Å². The molecule has 0 radical (unpaired) electrons. The number of nitrogens with one attached hydrogen (secondary N) is 1. The van der Waals surface area contributed by atoms with Gasteiger partial charge in [0.25, 0.3) is 0 Å². The molecule has 2 rings (SSSR count). The predicted octanol–water partition coefficient (Wildman–Crippen LogP) is 2.21. The highest BCUT2D eigenvalue weighted by Gasteiger charge is 2.15. The van der Waals surface area contributed by atoms with E-state index in [9.17, 15) is 8.42 Å². The number of hydrazine groups is 1. The third-order valence-corrected chi connectivity index (χ3v) is 4.62. The molecule has 0 heterocycles. The van der Waals surface area contributed by atoms with E-state index in [1.807, 2.05) is 18.2 Å². The van der Waals surface area contributed by atoms with E-state index in [1.165, 1.54) is 11.8 Å². The molecular weight excluding hydrogens is 284 g/mol. The van der Waals surface area contributed by atoms with Crippen LogP contribution in [-0.2, 0) is 16.3 Å². The molecule has 0 spiro atoms. The van der Waals surface area contributed by atoms with Gasteiger partial charge in [-0.25, -0.2) is 13.8 Å². The zero-order chi connectivity index (χ0) is 15.5. The second-order valence-corrected chi connectivity index (χ2v) is 7.06. The van der Waals surface area contributed by atoms with Crippen molar-refractivity contribution in [1.29, 1.82) is 0 Å². The molecule has 3 N–H and O–H groups in total. The Balaban J connectivity index is 2.41. The van der Waals surface area contributed by atoms with E-state index < -0.39 is 9.84 Å². The predicted molar refractivity (Wildman–Crippen MR) is 84.5 cm³/mol. The van der Waals surface area contributed by atoms with Crippen LogP contribution in [-0.4, -0.2) is 14.7 Å². The van der Waals surface area contributed by atoms with Crippen LogP contribution in [0.2, 0.25) is 0 Å². The molecule has 0 aliphatic rings. The summed E-state index contributed by atoms with van der Waals surface area (Å²) in [6.07, 6.45) is 2.18. The summed E-state index contributed by atoms with van der Waals surface area (Å²) in [5.74, 6) is 5.67. The highest BCUT2D eigenvalue weighted by atomic mass is 32.2. The molecular formula is C16H20N2O2S. The van der Waals surface area contributed by atoms with Gasteiger partial charge in [-0.05, 0) is 35.2 Å². The van der Waals surface area contributed by atoms with Crippen LogP contribution in [0.15, 0.2) is 53.4 Å². The third-order valence-electron chi connectivity index (χ3n) is 3.51. The van der Waals surface area contributed by atoms with E-state index in [0.29, 0.717) is 4.90 Å². The lowest BCUT2D eigenvalue weighted by atomic mass is 9.98. The Morgan fingerprint density at radius 1 is 1.10 bits per heavy atom. The maximum absolute atomic E-state index is 11.7. The lowest BCUT2D eigenvalue weighted by Crippen LogP contribution is -2.29. The molecule has 4 nitrogen and oxygen atoms in total. The van der Waals surface area contributed by atoms with Crippen LogP contribution in [0, 0.1) is 0 Å². The van der Waals surface area contributed by atoms with Gasteiger partial charge in [-0.15, -0.1) is 0 Å². The monoisotopic (exact) mass is 304 g/mol. The molecule has 0 aliphatic heterocycles. The molecule has 21 heavy (non-hydrogen) atoms. The van der Waals surface area contributed by atoms with Gasteiger partial charge in [-0.2, -0.15) is 0 Å². The van der Waals surface area contributed by atoms with E-state index in [1.54, 1.807) is 18.2 Å². The van der Waals surface area contributed by atoms with Gasteiger partial charge in [0.1, 0.15) is 0 Å². The highest BCUT2D eigenvalue weighted by Crippen LogP contribution is 2.24. The minimum Gasteiger partial charge on any atom is -0.271 e. The fourth-order valence-electron chi connectivity index (χ4n) is 2.26. The quantitative estimate of drug-likeness (QED) is 0.656. The minimum absolute atomic E-state index is 0.238. The van der Waals surface area contributed by atoms with Crippen LogP contribution < -0.4 is 11.3 Å². The number of aryl methyl sites for hydroxylation is 1. The van der Waals surface area contributed by atoms with E-state index in [-0.39, 0.29) is 6.04 Å². The molecule has 112 valence electrons. The third kappa shape index (κ3) is 3.69. The summed E-state index contributed by atoms with van der Waals surface area (Å²) < 4.78 is 23.3. The molecule has 0 bridgehead atoms. The molecule has 0 aliphatic carbocycles. The van der Waals surface area contributed by atoms with Gasteiger partial charge in [0, 0.05) is 6.26 Å². The Labute approximate surface area is 125 Å². The average Bonchev–Trinajstić information content (AvgIpc) is 2.48. The second-order valence-electron chi connectivity index (χ2n) is 5.04. The van der Waals surface area contributed by atoms with Crippen molar-refractivity contribution in [2.75, 3.05) is 6.26 Å². The van der Waals surface area contributed by atoms with Crippen molar-refractivity contribution in [2.24, 2.45) is 5.84 Å². The number of nitrogens with two attached hydrogens (primary N) is 1. The normalized spacial score (nSPS) is 13.1. The Bertz CT molecular complexity index is 709. The van der Waals surface area contributed by atoms with E-state index in [2.05, 4.69) is 24.5 Å². The van der Waals surface area contributed by atoms with Crippen molar-refractivity contribution in [3.8, 4) is 0 Å². The summed E-state index contributed by atoms with van der Waals surface area (Å²) in [6, 6.07) is 14.7. The first-order valence-corrected chi connectivity index (χ1v) is 8.70. The standard InChI is InChI=1S/C16H20N2O2S/c1-3-12-7-9-13(10-8-12)16(18-17)14-5-4-6-15(11-14)21(2,19)20/h4-11,16,18H,3,17H2,1-2H3. The van der Waals surface area contributed by atoms with Crippen molar-refractivity contribution >= 4 is 9.84 Å². The molecule has 0 amide bonds. The average molecular weight is 304 g/mol. The van der Waals surface area contributed by atoms with Crippen LogP contribution in [0.3, 0.4) is 0 Å². The van der Waals surface area contributed by atoms with Crippen molar-refractivity contribution < 1.29 is 8.42 Å². The number of sulfone groups is 1. The maximum atomic E-state index is 11.7. The Morgan fingerprint density at radius 3 is 2.29 bits per heavy atom. The molecule has 0 aromatic heterocycles. The van der Waals surface area contributed by atoms with Crippen LogP contribution in [0.25, 0.3) is 0 Å². The van der Waals surface area contributed by atoms with E-state index in [0.717, 1.165) is 17.5 Å². The Morgan fingerprint density at radius 2 is 1.76 bits per heavy atom. The molecule has 0 fully saturated rings. The maximum Gasteiger partial charge on any atom is 0.175 e. The second kappa shape index (κ2) is 6.39. The van der Waals surface area contributed by atoms with Gasteiger partial charge in [0.05, 0.1) is 10.9 Å². The lowest BCUT2D eigenvalue weighted by molar-refractivity contribution is 0.600. The van der Waals surface area contributed by atoms with Crippen molar-refractivity contribution in [3.05, 3.63) is 65.2 Å².